The van der Waals surface area contributed by atoms with Crippen LogP contribution in [0.5, 0.6) is 0 Å². The van der Waals surface area contributed by atoms with Gasteiger partial charge in [-0.25, -0.2) is 9.59 Å². The highest BCUT2D eigenvalue weighted by Crippen LogP contribution is 1.97. The van der Waals surface area contributed by atoms with Gasteiger partial charge in [0.15, 0.2) is 0 Å². The number of carbonyl (C=O) groups is 2. The highest BCUT2D eigenvalue weighted by molar-refractivity contribution is 5.82. The van der Waals surface area contributed by atoms with Crippen molar-refractivity contribution >= 4 is 11.9 Å². The molecule has 0 saturated carbocycles. The monoisotopic (exact) mass is 458 g/mol. The standard InChI is InChI=1S/C22H38N2O8/c1-3-4-21(25)31-19-17-29-15-13-28-14-16-30-18-20-32-22(26)5-6-23(2)7-8-24-9-11-27-12-10-24/h3-6H,7-20H2,1-2H3/b4-3+,6-5+. The second-order valence-electron chi connectivity index (χ2n) is 6.92. The van der Waals surface area contributed by atoms with E-state index in [1.165, 1.54) is 12.2 Å². The molecule has 0 radical (unpaired) electrons. The summed E-state index contributed by atoms with van der Waals surface area (Å²) in [4.78, 5) is 27.1. The van der Waals surface area contributed by atoms with Crippen molar-refractivity contribution in [3.8, 4) is 0 Å². The van der Waals surface area contributed by atoms with E-state index in [0.29, 0.717) is 39.6 Å². The third-order valence-corrected chi connectivity index (χ3v) is 4.33. The van der Waals surface area contributed by atoms with Crippen LogP contribution in [-0.2, 0) is 38.0 Å². The van der Waals surface area contributed by atoms with Gasteiger partial charge in [0.05, 0.1) is 52.9 Å². The zero-order chi connectivity index (χ0) is 23.3. The fourth-order valence-corrected chi connectivity index (χ4v) is 2.56. The number of morpholine rings is 1. The van der Waals surface area contributed by atoms with Gasteiger partial charge in [0.2, 0.25) is 0 Å². The first-order valence-corrected chi connectivity index (χ1v) is 11.0. The van der Waals surface area contributed by atoms with Crippen molar-refractivity contribution in [2.45, 2.75) is 6.92 Å². The Labute approximate surface area is 191 Å². The molecule has 0 aliphatic carbocycles. The number of nitrogens with zero attached hydrogens (tertiary/aromatic N) is 2. The summed E-state index contributed by atoms with van der Waals surface area (Å²) in [5.74, 6) is -0.769. The average Bonchev–Trinajstić information content (AvgIpc) is 2.80. The van der Waals surface area contributed by atoms with Gasteiger partial charge < -0.3 is 33.3 Å². The van der Waals surface area contributed by atoms with Crippen LogP contribution in [0.15, 0.2) is 24.4 Å². The molecule has 184 valence electrons. The molecule has 0 bridgehead atoms. The maximum atomic E-state index is 11.7. The van der Waals surface area contributed by atoms with Gasteiger partial charge in [-0.1, -0.05) is 6.08 Å². The van der Waals surface area contributed by atoms with Gasteiger partial charge in [-0.3, -0.25) is 4.90 Å². The normalized spacial score (nSPS) is 14.8. The third kappa shape index (κ3) is 16.7. The minimum Gasteiger partial charge on any atom is -0.460 e. The zero-order valence-corrected chi connectivity index (χ0v) is 19.4. The summed E-state index contributed by atoms with van der Waals surface area (Å²) in [5, 5.41) is 0. The molecule has 0 aromatic carbocycles. The average molecular weight is 459 g/mol. The van der Waals surface area contributed by atoms with Gasteiger partial charge in [-0.15, -0.1) is 0 Å². The van der Waals surface area contributed by atoms with Crippen molar-refractivity contribution in [3.05, 3.63) is 24.4 Å². The van der Waals surface area contributed by atoms with E-state index >= 15 is 0 Å². The number of ether oxygens (including phenoxy) is 6. The van der Waals surface area contributed by atoms with Crippen LogP contribution in [0.25, 0.3) is 0 Å². The molecule has 0 spiro atoms. The van der Waals surface area contributed by atoms with E-state index in [1.807, 2.05) is 11.9 Å². The molecule has 0 aromatic heterocycles. The Morgan fingerprint density at radius 1 is 0.844 bits per heavy atom. The first-order chi connectivity index (χ1) is 15.6. The molecule has 32 heavy (non-hydrogen) atoms. The smallest absolute Gasteiger partial charge is 0.332 e. The van der Waals surface area contributed by atoms with Crippen LogP contribution in [-0.4, -0.2) is 121 Å². The molecule has 1 saturated heterocycles. The maximum absolute atomic E-state index is 11.7. The van der Waals surface area contributed by atoms with Crippen LogP contribution in [0.3, 0.4) is 0 Å². The topological polar surface area (TPSA) is 96.0 Å². The predicted octanol–water partition coefficient (Wildman–Crippen LogP) is 0.476. The molecule has 0 N–H and O–H groups in total. The molecule has 1 rings (SSSR count). The number of esters is 2. The minimum atomic E-state index is -0.392. The fourth-order valence-electron chi connectivity index (χ4n) is 2.56. The Hall–Kier alpha value is -1.98. The summed E-state index contributed by atoms with van der Waals surface area (Å²) in [5.41, 5.74) is 0. The van der Waals surface area contributed by atoms with E-state index in [4.69, 9.17) is 28.4 Å². The van der Waals surface area contributed by atoms with Crippen LogP contribution in [0, 0.1) is 0 Å². The number of hydrogen-bond donors (Lipinski definition) is 0. The zero-order valence-electron chi connectivity index (χ0n) is 19.4. The van der Waals surface area contributed by atoms with Crippen LogP contribution < -0.4 is 0 Å². The summed E-state index contributed by atoms with van der Waals surface area (Å²) in [6, 6.07) is 0. The van der Waals surface area contributed by atoms with Crippen LogP contribution in [0.1, 0.15) is 6.92 Å². The molecule has 1 fully saturated rings. The summed E-state index contributed by atoms with van der Waals surface area (Å²) < 4.78 is 31.3. The lowest BCUT2D eigenvalue weighted by Crippen LogP contribution is -2.39. The Morgan fingerprint density at radius 2 is 1.34 bits per heavy atom. The molecule has 1 heterocycles. The maximum Gasteiger partial charge on any atom is 0.332 e. The van der Waals surface area contributed by atoms with Crippen LogP contribution >= 0.6 is 0 Å². The van der Waals surface area contributed by atoms with Gasteiger partial charge in [0.1, 0.15) is 13.2 Å². The summed E-state index contributed by atoms with van der Waals surface area (Å²) in [7, 11) is 1.93. The summed E-state index contributed by atoms with van der Waals surface area (Å²) in [6.45, 7) is 9.68. The lowest BCUT2D eigenvalue weighted by atomic mass is 10.4. The summed E-state index contributed by atoms with van der Waals surface area (Å²) >= 11 is 0. The first-order valence-electron chi connectivity index (χ1n) is 11.0. The fraction of sp³-hybridized carbons (Fsp3) is 0.727. The number of allylic oxidation sites excluding steroid dienone is 1. The highest BCUT2D eigenvalue weighted by atomic mass is 16.6. The molecule has 1 aliphatic heterocycles. The van der Waals surface area contributed by atoms with Gasteiger partial charge >= 0.3 is 11.9 Å². The SMILES string of the molecule is C/C=C/C(=O)OCCOCCOCCOCCOC(=O)/C=C/N(C)CCN1CCOCC1. The van der Waals surface area contributed by atoms with Crippen LogP contribution in [0.4, 0.5) is 0 Å². The number of hydrogen-bond acceptors (Lipinski definition) is 10. The molecular weight excluding hydrogens is 420 g/mol. The second kappa shape index (κ2) is 19.7. The molecule has 10 heteroatoms. The number of rotatable bonds is 18. The third-order valence-electron chi connectivity index (χ3n) is 4.33. The quantitative estimate of drug-likeness (QED) is 0.164. The largest absolute Gasteiger partial charge is 0.460 e. The van der Waals surface area contributed by atoms with E-state index in [-0.39, 0.29) is 19.2 Å². The number of likely N-dealkylation sites (N-methyl/N-ethyl adjacent to an activating group) is 1. The minimum absolute atomic E-state index is 0.190. The molecule has 0 atom stereocenters. The van der Waals surface area contributed by atoms with Crippen molar-refractivity contribution in [3.63, 3.8) is 0 Å². The van der Waals surface area contributed by atoms with Crippen molar-refractivity contribution in [1.29, 1.82) is 0 Å². The summed E-state index contributed by atoms with van der Waals surface area (Å²) in [6.07, 6.45) is 6.12. The molecule has 0 amide bonds. The lowest BCUT2D eigenvalue weighted by Gasteiger charge is -2.28. The Bertz CT molecular complexity index is 550. The first kappa shape index (κ1) is 28.1. The lowest BCUT2D eigenvalue weighted by molar-refractivity contribution is -0.140. The highest BCUT2D eigenvalue weighted by Gasteiger charge is 2.09. The van der Waals surface area contributed by atoms with Crippen molar-refractivity contribution in [1.82, 2.24) is 9.80 Å². The van der Waals surface area contributed by atoms with Gasteiger partial charge in [-0.05, 0) is 6.92 Å². The van der Waals surface area contributed by atoms with E-state index in [1.54, 1.807) is 19.2 Å². The Morgan fingerprint density at radius 3 is 1.88 bits per heavy atom. The molecular formula is C22H38N2O8. The Balaban J connectivity index is 1.85. The van der Waals surface area contributed by atoms with Gasteiger partial charge in [0.25, 0.3) is 0 Å². The van der Waals surface area contributed by atoms with Crippen molar-refractivity contribution < 1.29 is 38.0 Å². The molecule has 0 aromatic rings. The molecule has 1 aliphatic rings. The molecule has 0 unspecified atom stereocenters. The van der Waals surface area contributed by atoms with Crippen molar-refractivity contribution in [2.75, 3.05) is 99.3 Å². The second-order valence-corrected chi connectivity index (χ2v) is 6.92. The molecule has 10 nitrogen and oxygen atoms in total. The van der Waals surface area contributed by atoms with E-state index in [9.17, 15) is 9.59 Å². The van der Waals surface area contributed by atoms with E-state index in [0.717, 1.165) is 39.4 Å². The van der Waals surface area contributed by atoms with Gasteiger partial charge in [-0.2, -0.15) is 0 Å². The predicted molar refractivity (Wildman–Crippen MR) is 118 cm³/mol. The van der Waals surface area contributed by atoms with Crippen LogP contribution in [0.2, 0.25) is 0 Å². The Kier molecular flexibility index (Phi) is 17.3. The van der Waals surface area contributed by atoms with E-state index < -0.39 is 5.97 Å². The van der Waals surface area contributed by atoms with Gasteiger partial charge in [0, 0.05) is 51.6 Å². The number of carbonyl (C=O) groups excluding carboxylic acids is 2. The van der Waals surface area contributed by atoms with E-state index in [2.05, 4.69) is 4.90 Å². The van der Waals surface area contributed by atoms with Crippen molar-refractivity contribution in [2.24, 2.45) is 0 Å².